The summed E-state index contributed by atoms with van der Waals surface area (Å²) in [4.78, 5) is 12.5. The Balaban J connectivity index is 2.06. The molecule has 1 aromatic rings. The standard InChI is InChI=1S/C18H24N2O/c1-14-6-4-9-16(12-11-14)20-18(21)17-10-3-2-7-15(17)8-5-13-19/h2-3,7,10,14,16H,4,6,9,11-13,19H2,1H3,(H,20,21). The van der Waals surface area contributed by atoms with Crippen LogP contribution in [0.4, 0.5) is 0 Å². The number of amides is 1. The van der Waals surface area contributed by atoms with Gasteiger partial charge in [0.15, 0.2) is 0 Å². The number of carbonyl (C=O) groups excluding carboxylic acids is 1. The molecule has 2 unspecified atom stereocenters. The van der Waals surface area contributed by atoms with Crippen LogP contribution >= 0.6 is 0 Å². The van der Waals surface area contributed by atoms with Crippen LogP contribution < -0.4 is 11.1 Å². The summed E-state index contributed by atoms with van der Waals surface area (Å²) in [5.41, 5.74) is 6.81. The first-order valence-corrected chi connectivity index (χ1v) is 7.79. The van der Waals surface area contributed by atoms with Crippen molar-refractivity contribution in [1.82, 2.24) is 5.32 Å². The van der Waals surface area contributed by atoms with Crippen LogP contribution in [0.1, 0.15) is 54.9 Å². The molecule has 1 aliphatic rings. The summed E-state index contributed by atoms with van der Waals surface area (Å²) in [6, 6.07) is 7.75. The first-order valence-electron chi connectivity index (χ1n) is 7.79. The monoisotopic (exact) mass is 284 g/mol. The summed E-state index contributed by atoms with van der Waals surface area (Å²) in [6.07, 6.45) is 5.81. The zero-order chi connectivity index (χ0) is 15.1. The topological polar surface area (TPSA) is 55.1 Å². The van der Waals surface area contributed by atoms with Gasteiger partial charge < -0.3 is 11.1 Å². The lowest BCUT2D eigenvalue weighted by atomic mass is 10.0. The molecule has 3 N–H and O–H groups in total. The van der Waals surface area contributed by atoms with Crippen molar-refractivity contribution in [2.75, 3.05) is 6.54 Å². The minimum Gasteiger partial charge on any atom is -0.349 e. The number of carbonyl (C=O) groups is 1. The van der Waals surface area contributed by atoms with Gasteiger partial charge in [0.1, 0.15) is 0 Å². The smallest absolute Gasteiger partial charge is 0.252 e. The van der Waals surface area contributed by atoms with Crippen molar-refractivity contribution < 1.29 is 4.79 Å². The summed E-state index contributed by atoms with van der Waals surface area (Å²) in [5.74, 6) is 6.55. The van der Waals surface area contributed by atoms with Crippen molar-refractivity contribution in [3.05, 3.63) is 35.4 Å². The van der Waals surface area contributed by atoms with E-state index in [4.69, 9.17) is 5.73 Å². The van der Waals surface area contributed by atoms with E-state index < -0.39 is 0 Å². The largest absolute Gasteiger partial charge is 0.349 e. The molecular formula is C18H24N2O. The van der Waals surface area contributed by atoms with Crippen molar-refractivity contribution in [3.8, 4) is 11.8 Å². The van der Waals surface area contributed by atoms with E-state index in [1.807, 2.05) is 24.3 Å². The molecule has 2 rings (SSSR count). The van der Waals surface area contributed by atoms with Gasteiger partial charge in [0.2, 0.25) is 0 Å². The molecule has 0 radical (unpaired) electrons. The van der Waals surface area contributed by atoms with Crippen LogP contribution in [0.5, 0.6) is 0 Å². The maximum atomic E-state index is 12.5. The van der Waals surface area contributed by atoms with Gasteiger partial charge >= 0.3 is 0 Å². The molecule has 1 aromatic carbocycles. The highest BCUT2D eigenvalue weighted by Crippen LogP contribution is 2.23. The minimum absolute atomic E-state index is 0.0172. The molecule has 3 heteroatoms. The summed E-state index contributed by atoms with van der Waals surface area (Å²) in [5, 5.41) is 3.17. The Morgan fingerprint density at radius 3 is 2.90 bits per heavy atom. The second-order valence-corrected chi connectivity index (χ2v) is 5.84. The highest BCUT2D eigenvalue weighted by molar-refractivity contribution is 5.96. The molecule has 112 valence electrons. The highest BCUT2D eigenvalue weighted by Gasteiger charge is 2.19. The third-order valence-electron chi connectivity index (χ3n) is 4.09. The summed E-state index contributed by atoms with van der Waals surface area (Å²) in [7, 11) is 0. The Morgan fingerprint density at radius 2 is 2.10 bits per heavy atom. The van der Waals surface area contributed by atoms with E-state index in [0.29, 0.717) is 12.1 Å². The number of hydrogen-bond donors (Lipinski definition) is 2. The van der Waals surface area contributed by atoms with Crippen molar-refractivity contribution >= 4 is 5.91 Å². The zero-order valence-corrected chi connectivity index (χ0v) is 12.7. The van der Waals surface area contributed by atoms with Crippen LogP contribution in [0.2, 0.25) is 0 Å². The maximum Gasteiger partial charge on any atom is 0.252 e. The number of rotatable bonds is 2. The van der Waals surface area contributed by atoms with Gasteiger partial charge in [-0.3, -0.25) is 4.79 Å². The SMILES string of the molecule is CC1CCCC(NC(=O)c2ccccc2C#CCN)CC1. The second kappa shape index (κ2) is 7.85. The maximum absolute atomic E-state index is 12.5. The highest BCUT2D eigenvalue weighted by atomic mass is 16.1. The Hall–Kier alpha value is -1.79. The lowest BCUT2D eigenvalue weighted by molar-refractivity contribution is 0.0933. The quantitative estimate of drug-likeness (QED) is 0.648. The van der Waals surface area contributed by atoms with Crippen molar-refractivity contribution in [1.29, 1.82) is 0 Å². The molecule has 0 spiro atoms. The molecule has 1 saturated carbocycles. The predicted molar refractivity (Wildman–Crippen MR) is 85.9 cm³/mol. The fourth-order valence-corrected chi connectivity index (χ4v) is 2.83. The average Bonchev–Trinajstić information content (AvgIpc) is 2.70. The second-order valence-electron chi connectivity index (χ2n) is 5.84. The van der Waals surface area contributed by atoms with Crippen LogP contribution in [0.3, 0.4) is 0 Å². The molecule has 0 aliphatic heterocycles. The van der Waals surface area contributed by atoms with Crippen LogP contribution in [0, 0.1) is 17.8 Å². The van der Waals surface area contributed by atoms with E-state index in [1.165, 1.54) is 19.3 Å². The van der Waals surface area contributed by atoms with Gasteiger partial charge in [0, 0.05) is 11.6 Å². The van der Waals surface area contributed by atoms with E-state index in [2.05, 4.69) is 24.1 Å². The van der Waals surface area contributed by atoms with Gasteiger partial charge in [-0.25, -0.2) is 0 Å². The van der Waals surface area contributed by atoms with Crippen LogP contribution in [0.25, 0.3) is 0 Å². The Labute approximate surface area is 127 Å². The molecular weight excluding hydrogens is 260 g/mol. The minimum atomic E-state index is -0.0172. The number of benzene rings is 1. The molecule has 2 atom stereocenters. The van der Waals surface area contributed by atoms with E-state index in [0.717, 1.165) is 24.3 Å². The summed E-state index contributed by atoms with van der Waals surface area (Å²) < 4.78 is 0. The van der Waals surface area contributed by atoms with Crippen LogP contribution in [0.15, 0.2) is 24.3 Å². The fraction of sp³-hybridized carbons (Fsp3) is 0.500. The molecule has 1 fully saturated rings. The third-order valence-corrected chi connectivity index (χ3v) is 4.09. The van der Waals surface area contributed by atoms with Crippen LogP contribution in [-0.2, 0) is 0 Å². The number of nitrogens with two attached hydrogens (primary N) is 1. The number of hydrogen-bond acceptors (Lipinski definition) is 2. The molecule has 0 heterocycles. The van der Waals surface area contributed by atoms with Crippen LogP contribution in [-0.4, -0.2) is 18.5 Å². The summed E-state index contributed by atoms with van der Waals surface area (Å²) >= 11 is 0. The van der Waals surface area contributed by atoms with Crippen molar-refractivity contribution in [3.63, 3.8) is 0 Å². The summed E-state index contributed by atoms with van der Waals surface area (Å²) in [6.45, 7) is 2.60. The number of nitrogens with one attached hydrogen (secondary N) is 1. The predicted octanol–water partition coefficient (Wildman–Crippen LogP) is 2.70. The third kappa shape index (κ3) is 4.61. The van der Waals surface area contributed by atoms with Gasteiger partial charge in [-0.05, 0) is 37.3 Å². The molecule has 21 heavy (non-hydrogen) atoms. The molecule has 3 nitrogen and oxygen atoms in total. The van der Waals surface area contributed by atoms with E-state index in [1.54, 1.807) is 0 Å². The first-order chi connectivity index (χ1) is 10.2. The van der Waals surface area contributed by atoms with E-state index in [9.17, 15) is 4.79 Å². The molecule has 1 aliphatic carbocycles. The molecule has 1 amide bonds. The molecule has 0 saturated heterocycles. The normalized spacial score (nSPS) is 21.8. The van der Waals surface area contributed by atoms with Gasteiger partial charge in [0.25, 0.3) is 5.91 Å². The van der Waals surface area contributed by atoms with Gasteiger partial charge in [-0.15, -0.1) is 0 Å². The lowest BCUT2D eigenvalue weighted by Gasteiger charge is -2.17. The molecule has 0 bridgehead atoms. The Morgan fingerprint density at radius 1 is 1.29 bits per heavy atom. The first kappa shape index (κ1) is 15.6. The van der Waals surface area contributed by atoms with E-state index >= 15 is 0 Å². The van der Waals surface area contributed by atoms with Gasteiger partial charge in [-0.2, -0.15) is 0 Å². The Kier molecular flexibility index (Phi) is 5.83. The van der Waals surface area contributed by atoms with Crippen molar-refractivity contribution in [2.24, 2.45) is 11.7 Å². The average molecular weight is 284 g/mol. The zero-order valence-electron chi connectivity index (χ0n) is 12.7. The fourth-order valence-electron chi connectivity index (χ4n) is 2.83. The van der Waals surface area contributed by atoms with Gasteiger partial charge in [-0.1, -0.05) is 43.7 Å². The van der Waals surface area contributed by atoms with Gasteiger partial charge in [0.05, 0.1) is 12.1 Å². The Bertz CT molecular complexity index is 542. The lowest BCUT2D eigenvalue weighted by Crippen LogP contribution is -2.34. The van der Waals surface area contributed by atoms with E-state index in [-0.39, 0.29) is 11.9 Å². The van der Waals surface area contributed by atoms with Crippen molar-refractivity contribution in [2.45, 2.75) is 45.1 Å². The molecule has 0 aromatic heterocycles.